The summed E-state index contributed by atoms with van der Waals surface area (Å²) in [5, 5.41) is 13.8. The molecule has 0 fully saturated rings. The number of hydrogen-bond acceptors (Lipinski definition) is 5. The molecule has 0 heterocycles. The molecule has 0 saturated heterocycles. The van der Waals surface area contributed by atoms with Crippen LogP contribution in [0.1, 0.15) is 33.3 Å². The molecule has 0 aliphatic rings. The topological polar surface area (TPSA) is 98.5 Å². The van der Waals surface area contributed by atoms with Crippen LogP contribution in [0.4, 0.5) is 11.4 Å². The van der Waals surface area contributed by atoms with Crippen molar-refractivity contribution in [1.29, 1.82) is 0 Å². The van der Waals surface area contributed by atoms with E-state index < -0.39 is 10.9 Å². The number of nitro groups is 1. The Morgan fingerprint density at radius 1 is 1.18 bits per heavy atom. The first kappa shape index (κ1) is 17.6. The standard InChI is InChI=1S/C15H20N2O5/c1-8(2)14(18)16-13-10(5)6-11(7-12(13)17(20)21)22-15(19)9(3)4/h6-9H,1-5H3,(H,16,18). The molecule has 1 N–H and O–H groups in total. The molecule has 0 aliphatic heterocycles. The molecule has 120 valence electrons. The Labute approximate surface area is 128 Å². The molecule has 1 aromatic rings. The summed E-state index contributed by atoms with van der Waals surface area (Å²) >= 11 is 0. The number of esters is 1. The summed E-state index contributed by atoms with van der Waals surface area (Å²) in [5.74, 6) is -1.37. The van der Waals surface area contributed by atoms with Crippen LogP contribution in [0.15, 0.2) is 12.1 Å². The van der Waals surface area contributed by atoms with Gasteiger partial charge in [-0.3, -0.25) is 19.7 Å². The number of benzene rings is 1. The maximum atomic E-state index is 11.8. The smallest absolute Gasteiger partial charge is 0.313 e. The molecule has 7 nitrogen and oxygen atoms in total. The Bertz CT molecular complexity index is 608. The van der Waals surface area contributed by atoms with Crippen LogP contribution in [0.3, 0.4) is 0 Å². The Balaban J connectivity index is 3.22. The molecular formula is C15H20N2O5. The highest BCUT2D eigenvalue weighted by Crippen LogP contribution is 2.33. The van der Waals surface area contributed by atoms with Crippen LogP contribution < -0.4 is 10.1 Å². The number of amides is 1. The van der Waals surface area contributed by atoms with Crippen molar-refractivity contribution < 1.29 is 19.2 Å². The summed E-state index contributed by atoms with van der Waals surface area (Å²) in [5.41, 5.74) is 0.267. The number of carbonyl (C=O) groups excluding carboxylic acids is 2. The molecule has 0 saturated carbocycles. The zero-order valence-corrected chi connectivity index (χ0v) is 13.3. The van der Waals surface area contributed by atoms with E-state index in [0.29, 0.717) is 5.56 Å². The lowest BCUT2D eigenvalue weighted by Crippen LogP contribution is -2.19. The minimum atomic E-state index is -0.615. The number of rotatable bonds is 5. The molecule has 0 spiro atoms. The van der Waals surface area contributed by atoms with Gasteiger partial charge in [0, 0.05) is 5.92 Å². The Hall–Kier alpha value is -2.44. The predicted molar refractivity (Wildman–Crippen MR) is 81.8 cm³/mol. The summed E-state index contributed by atoms with van der Waals surface area (Å²) in [4.78, 5) is 34.0. The quantitative estimate of drug-likeness (QED) is 0.390. The van der Waals surface area contributed by atoms with Gasteiger partial charge in [0.2, 0.25) is 5.91 Å². The number of hydrogen-bond donors (Lipinski definition) is 1. The molecule has 7 heteroatoms. The summed E-state index contributed by atoms with van der Waals surface area (Å²) in [7, 11) is 0. The molecule has 0 aromatic heterocycles. The van der Waals surface area contributed by atoms with E-state index in [1.165, 1.54) is 6.07 Å². The maximum absolute atomic E-state index is 11.8. The van der Waals surface area contributed by atoms with Gasteiger partial charge in [0.25, 0.3) is 5.69 Å². The Morgan fingerprint density at radius 3 is 2.23 bits per heavy atom. The van der Waals surface area contributed by atoms with Crippen molar-refractivity contribution in [1.82, 2.24) is 0 Å². The molecule has 1 aromatic carbocycles. The molecule has 1 amide bonds. The monoisotopic (exact) mass is 308 g/mol. The summed E-state index contributed by atoms with van der Waals surface area (Å²) in [6.45, 7) is 8.32. The van der Waals surface area contributed by atoms with Gasteiger partial charge in [-0.25, -0.2) is 0 Å². The first-order valence-corrected chi connectivity index (χ1v) is 6.95. The second kappa shape index (κ2) is 7.02. The van der Waals surface area contributed by atoms with Crippen molar-refractivity contribution in [2.24, 2.45) is 11.8 Å². The fourth-order valence-electron chi connectivity index (χ4n) is 1.60. The van der Waals surface area contributed by atoms with Crippen LogP contribution in [0.25, 0.3) is 0 Å². The van der Waals surface area contributed by atoms with Gasteiger partial charge < -0.3 is 10.1 Å². The summed E-state index contributed by atoms with van der Waals surface area (Å²) in [6, 6.07) is 2.63. The van der Waals surface area contributed by atoms with Crippen LogP contribution in [-0.4, -0.2) is 16.8 Å². The lowest BCUT2D eigenvalue weighted by Gasteiger charge is -2.13. The maximum Gasteiger partial charge on any atom is 0.313 e. The average Bonchev–Trinajstić information content (AvgIpc) is 2.40. The van der Waals surface area contributed by atoms with Crippen molar-refractivity contribution in [3.8, 4) is 5.75 Å². The zero-order valence-electron chi connectivity index (χ0n) is 13.3. The second-order valence-corrected chi connectivity index (χ2v) is 5.61. The molecule has 0 unspecified atom stereocenters. The van der Waals surface area contributed by atoms with E-state index >= 15 is 0 Å². The van der Waals surface area contributed by atoms with Gasteiger partial charge in [0.15, 0.2) is 0 Å². The lowest BCUT2D eigenvalue weighted by molar-refractivity contribution is -0.384. The van der Waals surface area contributed by atoms with Gasteiger partial charge in [-0.05, 0) is 18.6 Å². The normalized spacial score (nSPS) is 10.7. The molecule has 0 aliphatic carbocycles. The van der Waals surface area contributed by atoms with E-state index in [4.69, 9.17) is 4.74 Å². The number of nitrogens with zero attached hydrogens (tertiary/aromatic N) is 1. The second-order valence-electron chi connectivity index (χ2n) is 5.61. The van der Waals surface area contributed by atoms with Crippen LogP contribution in [0.2, 0.25) is 0 Å². The lowest BCUT2D eigenvalue weighted by atomic mass is 10.1. The van der Waals surface area contributed by atoms with Gasteiger partial charge in [-0.15, -0.1) is 0 Å². The summed E-state index contributed by atoms with van der Waals surface area (Å²) in [6.07, 6.45) is 0. The third-order valence-electron chi connectivity index (χ3n) is 2.95. The minimum absolute atomic E-state index is 0.0884. The molecule has 1 rings (SSSR count). The van der Waals surface area contributed by atoms with Crippen molar-refractivity contribution in [2.45, 2.75) is 34.6 Å². The van der Waals surface area contributed by atoms with E-state index in [-0.39, 0.29) is 34.9 Å². The van der Waals surface area contributed by atoms with E-state index in [9.17, 15) is 19.7 Å². The number of carbonyl (C=O) groups is 2. The van der Waals surface area contributed by atoms with Crippen LogP contribution in [0.5, 0.6) is 5.75 Å². The SMILES string of the molecule is Cc1cc(OC(=O)C(C)C)cc([N+](=O)[O-])c1NC(=O)C(C)C. The molecule has 0 radical (unpaired) electrons. The highest BCUT2D eigenvalue weighted by atomic mass is 16.6. The minimum Gasteiger partial charge on any atom is -0.426 e. The third kappa shape index (κ3) is 4.28. The van der Waals surface area contributed by atoms with Gasteiger partial charge >= 0.3 is 5.97 Å². The summed E-state index contributed by atoms with van der Waals surface area (Å²) < 4.78 is 5.10. The number of nitro benzene ring substituents is 1. The molecular weight excluding hydrogens is 288 g/mol. The number of ether oxygens (including phenoxy) is 1. The van der Waals surface area contributed by atoms with E-state index in [2.05, 4.69) is 5.32 Å². The number of nitrogens with one attached hydrogen (secondary N) is 1. The number of aryl methyl sites for hydroxylation is 1. The Kier molecular flexibility index (Phi) is 5.62. The van der Waals surface area contributed by atoms with Gasteiger partial charge in [0.1, 0.15) is 11.4 Å². The van der Waals surface area contributed by atoms with Gasteiger partial charge in [0.05, 0.1) is 16.9 Å². The van der Waals surface area contributed by atoms with E-state index in [1.54, 1.807) is 34.6 Å². The fourth-order valence-corrected chi connectivity index (χ4v) is 1.60. The first-order chi connectivity index (χ1) is 10.1. The van der Waals surface area contributed by atoms with Crippen molar-refractivity contribution in [3.05, 3.63) is 27.8 Å². The highest BCUT2D eigenvalue weighted by molar-refractivity contribution is 5.95. The molecule has 0 bridgehead atoms. The van der Waals surface area contributed by atoms with E-state index in [1.807, 2.05) is 0 Å². The van der Waals surface area contributed by atoms with Crippen LogP contribution in [-0.2, 0) is 9.59 Å². The van der Waals surface area contributed by atoms with Crippen LogP contribution >= 0.6 is 0 Å². The van der Waals surface area contributed by atoms with Crippen molar-refractivity contribution in [2.75, 3.05) is 5.32 Å². The molecule has 22 heavy (non-hydrogen) atoms. The van der Waals surface area contributed by atoms with Crippen molar-refractivity contribution in [3.63, 3.8) is 0 Å². The van der Waals surface area contributed by atoms with Gasteiger partial charge in [-0.1, -0.05) is 27.7 Å². The van der Waals surface area contributed by atoms with E-state index in [0.717, 1.165) is 6.07 Å². The first-order valence-electron chi connectivity index (χ1n) is 6.95. The predicted octanol–water partition coefficient (Wildman–Crippen LogP) is 3.06. The third-order valence-corrected chi connectivity index (χ3v) is 2.95. The fraction of sp³-hybridized carbons (Fsp3) is 0.467. The highest BCUT2D eigenvalue weighted by Gasteiger charge is 2.22. The van der Waals surface area contributed by atoms with Crippen molar-refractivity contribution >= 4 is 23.3 Å². The zero-order chi connectivity index (χ0) is 17.0. The largest absolute Gasteiger partial charge is 0.426 e. The molecule has 0 atom stereocenters. The van der Waals surface area contributed by atoms with Gasteiger partial charge in [-0.2, -0.15) is 0 Å². The Morgan fingerprint density at radius 2 is 1.77 bits per heavy atom. The van der Waals surface area contributed by atoms with Crippen LogP contribution in [0, 0.1) is 28.9 Å². The number of anilines is 1. The average molecular weight is 308 g/mol.